The van der Waals surface area contributed by atoms with Crippen LogP contribution in [0.4, 0.5) is 0 Å². The zero-order valence-corrected chi connectivity index (χ0v) is 6.21. The number of hydrogen-bond acceptors (Lipinski definition) is 6. The Morgan fingerprint density at radius 1 is 0.818 bits per heavy atom. The van der Waals surface area contributed by atoms with Crippen molar-refractivity contribution in [3.05, 3.63) is 21.0 Å². The Balaban J connectivity index is -0.0000000428. The molecule has 0 saturated carbocycles. The van der Waals surface area contributed by atoms with E-state index in [0.717, 1.165) is 0 Å². The van der Waals surface area contributed by atoms with E-state index in [4.69, 9.17) is 40.8 Å². The first kappa shape index (κ1) is 22.6. The van der Waals surface area contributed by atoms with E-state index in [1.807, 2.05) is 0 Å². The molecule has 0 saturated heterocycles. The van der Waals surface area contributed by atoms with Crippen molar-refractivity contribution in [2.75, 3.05) is 0 Å². The van der Waals surface area contributed by atoms with Gasteiger partial charge in [0.05, 0.1) is 11.9 Å². The first-order valence-corrected chi connectivity index (χ1v) is 1.43. The van der Waals surface area contributed by atoms with E-state index < -0.39 is 11.9 Å². The molecule has 0 bridgehead atoms. The third kappa shape index (κ3) is 51.9. The summed E-state index contributed by atoms with van der Waals surface area (Å²) in [7, 11) is 0. The van der Waals surface area contributed by atoms with Crippen LogP contribution in [0.2, 0.25) is 0 Å². The molecule has 11 heavy (non-hydrogen) atoms. The van der Waals surface area contributed by atoms with E-state index in [1.165, 1.54) is 0 Å². The van der Waals surface area contributed by atoms with Crippen molar-refractivity contribution < 1.29 is 40.2 Å². The van der Waals surface area contributed by atoms with Crippen molar-refractivity contribution >= 4 is 11.9 Å². The number of nitroso groups, excluding NO2 is 2. The molecular formula is C2N2O6Pd-2. The zero-order chi connectivity index (χ0) is 9.15. The van der Waals surface area contributed by atoms with Crippen LogP contribution >= 0.6 is 0 Å². The van der Waals surface area contributed by atoms with Crippen LogP contribution in [-0.2, 0) is 30.0 Å². The molecule has 0 amide bonds. The summed E-state index contributed by atoms with van der Waals surface area (Å²) in [6, 6.07) is 0. The third-order valence-electron chi connectivity index (χ3n) is 0.167. The number of hydrogen-bond donors (Lipinski definition) is 0. The van der Waals surface area contributed by atoms with Gasteiger partial charge in [0.1, 0.15) is 0 Å². The smallest absolute Gasteiger partial charge is 0.577 e. The monoisotopic (exact) mass is 254 g/mol. The summed E-state index contributed by atoms with van der Waals surface area (Å²) in [6.07, 6.45) is 0. The maximum absolute atomic E-state index is 8.93. The molecule has 0 atom stereocenters. The Morgan fingerprint density at radius 2 is 0.909 bits per heavy atom. The minimum atomic E-state index is -2.19. The van der Waals surface area contributed by atoms with Crippen molar-refractivity contribution in [1.29, 1.82) is 0 Å². The normalized spacial score (nSPS) is 4.73. The van der Waals surface area contributed by atoms with E-state index >= 15 is 0 Å². The molecule has 66 valence electrons. The summed E-state index contributed by atoms with van der Waals surface area (Å²) in [5.41, 5.74) is 11.5. The van der Waals surface area contributed by atoms with Crippen molar-refractivity contribution in [1.82, 2.24) is 0 Å². The van der Waals surface area contributed by atoms with Crippen LogP contribution in [0.25, 0.3) is 11.2 Å². The first-order chi connectivity index (χ1) is 4.64. The molecule has 0 aromatic heterocycles. The van der Waals surface area contributed by atoms with E-state index in [-0.39, 0.29) is 20.4 Å². The summed E-state index contributed by atoms with van der Waals surface area (Å²) < 4.78 is 0. The van der Waals surface area contributed by atoms with E-state index in [0.29, 0.717) is 0 Å². The molecule has 0 aromatic rings. The molecular weight excluding hydrogens is 254 g/mol. The average Bonchev–Trinajstić information content (AvgIpc) is 1.96. The van der Waals surface area contributed by atoms with Crippen LogP contribution in [0.15, 0.2) is 0 Å². The average molecular weight is 254 g/mol. The standard InChI is InChI=1S/C2H2O4.2NO.Pd/c3-1(4)2(5)6;2*1-2;/h(H,3,4)(H,5,6);;;/q;2*-1;+2/p-2. The summed E-state index contributed by atoms with van der Waals surface area (Å²) >= 11 is 0. The Hall–Kier alpha value is -1.20. The van der Waals surface area contributed by atoms with Gasteiger partial charge in [-0.2, -0.15) is 0 Å². The van der Waals surface area contributed by atoms with Crippen LogP contribution in [0.1, 0.15) is 0 Å². The summed E-state index contributed by atoms with van der Waals surface area (Å²) in [5, 5.41) is 17.9. The Labute approximate surface area is 73.8 Å². The van der Waals surface area contributed by atoms with Gasteiger partial charge < -0.3 is 40.8 Å². The molecule has 0 fully saturated rings. The maximum atomic E-state index is 8.93. The van der Waals surface area contributed by atoms with Crippen LogP contribution in [-0.4, -0.2) is 11.9 Å². The first-order valence-electron chi connectivity index (χ1n) is 1.43. The SMILES string of the molecule is O=C([O-])C(=O)[O-].[N-]=O.[N-]=O.[Pd+2]. The van der Waals surface area contributed by atoms with Crippen LogP contribution < -0.4 is 10.2 Å². The van der Waals surface area contributed by atoms with Crippen molar-refractivity contribution in [2.45, 2.75) is 0 Å². The molecule has 0 N–H and O–H groups in total. The second kappa shape index (κ2) is 23.2. The third-order valence-corrected chi connectivity index (χ3v) is 0.167. The predicted octanol–water partition coefficient (Wildman–Crippen LogP) is -2.87. The molecule has 9 heteroatoms. The predicted molar refractivity (Wildman–Crippen MR) is 23.5 cm³/mol. The summed E-state index contributed by atoms with van der Waals surface area (Å²) in [4.78, 5) is 32.4. The number of carboxylic acid groups (broad SMARTS) is 2. The molecule has 0 unspecified atom stereocenters. The van der Waals surface area contributed by atoms with Gasteiger partial charge in [-0.25, -0.2) is 0 Å². The number of aliphatic carboxylic acids is 2. The maximum Gasteiger partial charge on any atom is 2.00 e. The minimum Gasteiger partial charge on any atom is -0.577 e. The fraction of sp³-hybridized carbons (Fsp3) is 0. The Morgan fingerprint density at radius 3 is 0.909 bits per heavy atom. The van der Waals surface area contributed by atoms with Crippen LogP contribution in [0.3, 0.4) is 0 Å². The zero-order valence-electron chi connectivity index (χ0n) is 4.66. The van der Waals surface area contributed by atoms with Gasteiger partial charge in [-0.1, -0.05) is 0 Å². The van der Waals surface area contributed by atoms with Gasteiger partial charge in [0.25, 0.3) is 0 Å². The number of carbonyl (C=O) groups excluding carboxylic acids is 2. The molecule has 0 aliphatic rings. The van der Waals surface area contributed by atoms with E-state index in [9.17, 15) is 0 Å². The van der Waals surface area contributed by atoms with Gasteiger partial charge in [0.15, 0.2) is 0 Å². The van der Waals surface area contributed by atoms with Gasteiger partial charge in [-0.15, -0.1) is 0 Å². The second-order valence-corrected chi connectivity index (χ2v) is 0.575. The molecule has 0 spiro atoms. The number of carboxylic acids is 2. The Bertz CT molecular complexity index is 103. The molecule has 0 aromatic carbocycles. The fourth-order valence-electron chi connectivity index (χ4n) is 0. The number of nitrogens with zero attached hydrogens (tertiary/aromatic N) is 2. The molecule has 0 aliphatic heterocycles. The van der Waals surface area contributed by atoms with Gasteiger partial charge in [0, 0.05) is 0 Å². The van der Waals surface area contributed by atoms with E-state index in [2.05, 4.69) is 0 Å². The fourth-order valence-corrected chi connectivity index (χ4v) is 0. The van der Waals surface area contributed by atoms with Crippen molar-refractivity contribution in [3.8, 4) is 0 Å². The van der Waals surface area contributed by atoms with Gasteiger partial charge in [-0.3, -0.25) is 0 Å². The molecule has 0 rings (SSSR count). The summed E-state index contributed by atoms with van der Waals surface area (Å²) in [6.45, 7) is 0. The van der Waals surface area contributed by atoms with Crippen LogP contribution in [0, 0.1) is 9.81 Å². The van der Waals surface area contributed by atoms with E-state index in [1.54, 1.807) is 0 Å². The molecule has 0 heterocycles. The van der Waals surface area contributed by atoms with Gasteiger partial charge in [-0.05, 0) is 0 Å². The van der Waals surface area contributed by atoms with Crippen LogP contribution in [0.5, 0.6) is 0 Å². The van der Waals surface area contributed by atoms with Crippen molar-refractivity contribution in [2.24, 2.45) is 0 Å². The minimum absolute atomic E-state index is 0. The Kier molecular flexibility index (Phi) is 47.7. The molecule has 0 aliphatic carbocycles. The quantitative estimate of drug-likeness (QED) is 0.333. The largest absolute Gasteiger partial charge is 2.00 e. The number of rotatable bonds is 0. The summed E-state index contributed by atoms with van der Waals surface area (Å²) in [5.74, 6) is -4.37. The van der Waals surface area contributed by atoms with Crippen molar-refractivity contribution in [3.63, 3.8) is 0 Å². The van der Waals surface area contributed by atoms with Gasteiger partial charge >= 0.3 is 20.4 Å². The number of carbonyl (C=O) groups is 2. The molecule has 8 nitrogen and oxygen atoms in total. The molecule has 0 radical (unpaired) electrons. The topological polar surface area (TPSA) is 159 Å². The van der Waals surface area contributed by atoms with Gasteiger partial charge in [0.2, 0.25) is 0 Å². The second-order valence-electron chi connectivity index (χ2n) is 0.575.